The summed E-state index contributed by atoms with van der Waals surface area (Å²) in [6.45, 7) is 6.55. The number of amides is 3. The van der Waals surface area contributed by atoms with Crippen LogP contribution in [0, 0.1) is 0 Å². The average Bonchev–Trinajstić information content (AvgIpc) is 3.69. The summed E-state index contributed by atoms with van der Waals surface area (Å²) in [5, 5.41) is 9.17. The van der Waals surface area contributed by atoms with Crippen LogP contribution in [-0.4, -0.2) is 173 Å². The monoisotopic (exact) mass is 1220 g/mol. The van der Waals surface area contributed by atoms with E-state index in [1.165, 1.54) is 32.7 Å². The van der Waals surface area contributed by atoms with Gasteiger partial charge in [-0.3, -0.25) is 14.7 Å². The number of aliphatic imine (C=N–C) groups is 4. The number of nitrogens with two attached hydrogens (primary N) is 3. The van der Waals surface area contributed by atoms with E-state index in [1.807, 2.05) is 28.0 Å². The van der Waals surface area contributed by atoms with Crippen LogP contribution >= 0.6 is 46.4 Å². The molecule has 2 aliphatic rings. The summed E-state index contributed by atoms with van der Waals surface area (Å²) in [7, 11) is 6.21. The van der Waals surface area contributed by atoms with E-state index in [0.29, 0.717) is 91.9 Å². The molecule has 0 spiro atoms. The molecule has 8 rings (SSSR count). The molecule has 17 nitrogen and oxygen atoms in total. The van der Waals surface area contributed by atoms with E-state index in [9.17, 15) is 23.8 Å². The van der Waals surface area contributed by atoms with Gasteiger partial charge in [0, 0.05) is 48.8 Å². The van der Waals surface area contributed by atoms with Crippen LogP contribution in [0.15, 0.2) is 141 Å². The van der Waals surface area contributed by atoms with E-state index in [1.54, 1.807) is 30.3 Å². The second-order valence-corrected chi connectivity index (χ2v) is 22.7. The molecule has 6 aromatic carbocycles. The summed E-state index contributed by atoms with van der Waals surface area (Å²) >= 11 is 24.9. The van der Waals surface area contributed by atoms with Gasteiger partial charge in [-0.1, -0.05) is 102 Å². The summed E-state index contributed by atoms with van der Waals surface area (Å²) in [4.78, 5) is 63.9. The number of nitrogens with one attached hydrogen (secondary N) is 1. The van der Waals surface area contributed by atoms with Crippen LogP contribution in [0.1, 0.15) is 47.9 Å². The van der Waals surface area contributed by atoms with Crippen LogP contribution in [0.2, 0.25) is 20.1 Å². The Balaban J connectivity index is 0.000000249. The van der Waals surface area contributed by atoms with Crippen LogP contribution in [-0.2, 0) is 44.7 Å². The van der Waals surface area contributed by atoms with Gasteiger partial charge in [0.2, 0.25) is 5.91 Å². The van der Waals surface area contributed by atoms with Crippen molar-refractivity contribution in [2.75, 3.05) is 65.4 Å². The zero-order chi connectivity index (χ0) is 60.7. The molecule has 2 aliphatic heterocycles. The Morgan fingerprint density at radius 2 is 1.12 bits per heavy atom. The summed E-state index contributed by atoms with van der Waals surface area (Å²) in [5.41, 5.74) is 21.5. The van der Waals surface area contributed by atoms with Gasteiger partial charge in [-0.2, -0.15) is 0 Å². The zero-order valence-electron chi connectivity index (χ0n) is 47.3. The molecule has 24 heteroatoms. The van der Waals surface area contributed by atoms with Crippen molar-refractivity contribution < 1.29 is 23.8 Å². The number of guanidine groups is 2. The number of benzene rings is 6. The first-order chi connectivity index (χ1) is 41.1. The van der Waals surface area contributed by atoms with Crippen molar-refractivity contribution in [2.45, 2.75) is 75.5 Å². The number of rotatable bonds is 23. The average molecular weight is 1220 g/mol. The molecule has 3 amide bonds. The topological polar surface area (TPSA) is 238 Å². The van der Waals surface area contributed by atoms with Crippen molar-refractivity contribution in [2.24, 2.45) is 37.2 Å². The molecular formula is C61H69B3Cl4N12O5. The Kier molecular flexibility index (Phi) is 26.3. The quantitative estimate of drug-likeness (QED) is 0.0210. The maximum atomic E-state index is 14.1. The molecule has 2 radical (unpaired) electrons. The molecule has 0 saturated carbocycles. The molecule has 0 unspecified atom stereocenters. The fourth-order valence-electron chi connectivity index (χ4n) is 10.7. The van der Waals surface area contributed by atoms with E-state index in [2.05, 4.69) is 108 Å². The predicted octanol–water partition coefficient (Wildman–Crippen LogP) is 7.81. The summed E-state index contributed by atoms with van der Waals surface area (Å²) in [5.74, 6) is -1.09. The number of carbonyl (C=O) groups is 3. The first-order valence-electron chi connectivity index (χ1n) is 28.3. The number of halogens is 4. The molecule has 4 atom stereocenters. The van der Waals surface area contributed by atoms with Crippen molar-refractivity contribution in [1.29, 1.82) is 0 Å². The van der Waals surface area contributed by atoms with E-state index < -0.39 is 17.9 Å². The number of fused-ring (bicyclic) bond motifs is 2. The van der Waals surface area contributed by atoms with E-state index in [-0.39, 0.29) is 48.8 Å². The van der Waals surface area contributed by atoms with Gasteiger partial charge in [0.15, 0.2) is 5.96 Å². The predicted molar refractivity (Wildman–Crippen MR) is 347 cm³/mol. The van der Waals surface area contributed by atoms with Crippen molar-refractivity contribution >= 4 is 132 Å². The number of carbonyl (C=O) groups excluding carboxylic acids is 3. The number of hydrogen-bond donors (Lipinski definition) is 4. The van der Waals surface area contributed by atoms with Gasteiger partial charge in [0.1, 0.15) is 0 Å². The van der Waals surface area contributed by atoms with Crippen LogP contribution in [0.5, 0.6) is 0 Å². The maximum absolute atomic E-state index is 14.1. The van der Waals surface area contributed by atoms with Gasteiger partial charge in [-0.15, -0.1) is 0 Å². The molecular weight excluding hydrogens is 1150 g/mol. The molecule has 85 heavy (non-hydrogen) atoms. The first kappa shape index (κ1) is 65.9. The van der Waals surface area contributed by atoms with E-state index in [4.69, 9.17) is 71.5 Å². The Labute approximate surface area is 519 Å². The number of hydrogen-bond acceptors (Lipinski definition) is 11. The van der Waals surface area contributed by atoms with Gasteiger partial charge >= 0.3 is 246 Å². The SMILES string of the molecule is NC(N)=NCCC[C@H]1CN(CCc2ccc3ccccc3c2)CCN1C(=O)[C@H](N)Cc1ccc(Cl)cc1Cl.[B]C(=O)NC(N=CB=O)=NCCC[C@H]1CN(CCc2ccc3ccccc3c2)CCN1C(=O)[C@@H](Cc1ccc(Cl)cc1Cl)N=CB=O. The van der Waals surface area contributed by atoms with Crippen LogP contribution in [0.25, 0.3) is 21.5 Å². The number of nitrogens with zero attached hydrogens (tertiary/aromatic N) is 8. The molecule has 0 aliphatic carbocycles. The van der Waals surface area contributed by atoms with E-state index >= 15 is 0 Å². The second kappa shape index (κ2) is 33.9. The van der Waals surface area contributed by atoms with Crippen LogP contribution in [0.3, 0.4) is 0 Å². The molecule has 6 aromatic rings. The van der Waals surface area contributed by atoms with E-state index in [0.717, 1.165) is 69.7 Å². The van der Waals surface area contributed by atoms with Crippen molar-refractivity contribution in [3.8, 4) is 0 Å². The third kappa shape index (κ3) is 20.8. The Hall–Kier alpha value is -6.64. The third-order valence-corrected chi connectivity index (χ3v) is 16.2. The Morgan fingerprint density at radius 3 is 1.61 bits per heavy atom. The van der Waals surface area contributed by atoms with Crippen molar-refractivity contribution in [3.63, 3.8) is 0 Å². The van der Waals surface area contributed by atoms with Crippen LogP contribution < -0.4 is 22.5 Å². The summed E-state index contributed by atoms with van der Waals surface area (Å²) in [6.07, 6.45) is 7.16. The minimum absolute atomic E-state index is 0.0359. The Bertz CT molecular complexity index is 3390. The Morgan fingerprint density at radius 1 is 0.624 bits per heavy atom. The molecule has 2 saturated heterocycles. The summed E-state index contributed by atoms with van der Waals surface area (Å²) in [6, 6.07) is 38.5. The fraction of sp³-hybridized carbons (Fsp3) is 0.361. The first-order valence-corrected chi connectivity index (χ1v) is 29.8. The van der Waals surface area contributed by atoms with Gasteiger partial charge in [0.05, 0.1) is 6.04 Å². The summed E-state index contributed by atoms with van der Waals surface area (Å²) < 4.78 is 21.9. The van der Waals surface area contributed by atoms with Gasteiger partial charge in [0.25, 0.3) is 0 Å². The van der Waals surface area contributed by atoms with Crippen molar-refractivity contribution in [1.82, 2.24) is 24.9 Å². The molecule has 0 bridgehead atoms. The minimum atomic E-state index is -0.854. The van der Waals surface area contributed by atoms with Crippen LogP contribution in [0.4, 0.5) is 4.79 Å². The molecule has 7 N–H and O–H groups in total. The molecule has 440 valence electrons. The van der Waals surface area contributed by atoms with Gasteiger partial charge in [-0.25, -0.2) is 0 Å². The fourth-order valence-corrected chi connectivity index (χ4v) is 11.7. The molecule has 0 aromatic heterocycles. The molecule has 2 fully saturated rings. The zero-order valence-corrected chi connectivity index (χ0v) is 50.4. The van der Waals surface area contributed by atoms with Gasteiger partial charge < -0.3 is 22.1 Å². The molecule has 2 heterocycles. The normalized spacial score (nSPS) is 16.6. The standard InChI is InChI=1S/C32H33B3Cl2N6O4.C29H36Cl2N6O/c33-31(45)41-32(40-21-35-47)38-12-3-6-27-19-42(13-11-22-7-8-23-4-1-2-5-24(23)16-22)14-15-43(27)30(44)29(39-20-34-46)17-25-9-10-26(36)18-28(25)37;30-24-10-9-23(26(31)18-24)17-27(32)28(38)37-15-14-36(19-25(37)6-3-12-35-29(33)34)13-11-20-7-8-21-4-1-2-5-22(21)16-20/h1-2,4-5,7-10,16,18,20-21,27,29H,3,6,11-15,17,19H2,(H,38,41,45);1-2,4-5,7-10,16,18,25,27H,3,6,11-15,17,19,32H2,(H4,33,34,35)/t27-,29+;25-,27+/m00/s1. The van der Waals surface area contributed by atoms with Gasteiger partial charge in [-0.05, 0) is 70.5 Å². The second-order valence-electron chi connectivity index (χ2n) is 21.0. The van der Waals surface area contributed by atoms with Crippen molar-refractivity contribution in [3.05, 3.63) is 164 Å². The third-order valence-electron chi connectivity index (χ3n) is 15.0. The number of piperazine rings is 2.